The number of nitro benzene ring substituents is 4. The largest absolute Gasteiger partial charge is 0.352 e. The smallest absolute Gasteiger partial charge is 0.277 e. The van der Waals surface area contributed by atoms with E-state index in [0.29, 0.717) is 36.7 Å². The zero-order chi connectivity index (χ0) is 39.9. The summed E-state index contributed by atoms with van der Waals surface area (Å²) >= 11 is 0. The van der Waals surface area contributed by atoms with Crippen molar-refractivity contribution < 1.29 is 34.1 Å². The lowest BCUT2D eigenvalue weighted by molar-refractivity contribution is -0.394. The van der Waals surface area contributed by atoms with Crippen LogP contribution in [0.3, 0.4) is 0 Å². The average molecular weight is 740 g/mol. The number of amides is 3. The number of benzene rings is 3. The van der Waals surface area contributed by atoms with Crippen LogP contribution in [0.2, 0.25) is 0 Å². The molecule has 0 saturated heterocycles. The Kier molecular flexibility index (Phi) is 20.2. The van der Waals surface area contributed by atoms with Gasteiger partial charge in [0.25, 0.3) is 40.5 Å². The third-order valence-electron chi connectivity index (χ3n) is 7.46. The molecule has 286 valence electrons. The number of carbonyl (C=O) groups is 3. The van der Waals surface area contributed by atoms with Crippen LogP contribution in [0.15, 0.2) is 66.7 Å². The number of carbonyl (C=O) groups excluding carboxylic acids is 3. The van der Waals surface area contributed by atoms with Gasteiger partial charge >= 0.3 is 0 Å². The Hall–Kier alpha value is -6.33. The maximum Gasteiger partial charge on any atom is 0.277 e. The van der Waals surface area contributed by atoms with E-state index < -0.39 is 37.0 Å². The standard InChI is InChI=1S/2C12H16N2O3.C11H13N3O5/c1-3-9(2)8-13-12(15)10-4-6-11(7-5-10)14(16)17;1-2-3-4-9-13-12(15)10-5-7-11(8-6-10)14(16)17;1-2-3-4-12-11(15)8-5-9(13(16)17)7-10(6-8)14(18)19/h4-7,9H,3,8H2,1-2H3,(H,13,15);5-8H,2-4,9H2,1H3,(H,13,15);5-7H,2-4H2,1H3,(H,12,15). The minimum Gasteiger partial charge on any atom is -0.352 e. The molecule has 18 nitrogen and oxygen atoms in total. The Morgan fingerprint density at radius 2 is 0.906 bits per heavy atom. The maximum absolute atomic E-state index is 11.7. The summed E-state index contributed by atoms with van der Waals surface area (Å²) in [4.78, 5) is 74.7. The lowest BCUT2D eigenvalue weighted by Gasteiger charge is -2.09. The van der Waals surface area contributed by atoms with Crippen LogP contribution in [-0.4, -0.2) is 57.0 Å². The van der Waals surface area contributed by atoms with Gasteiger partial charge < -0.3 is 16.0 Å². The van der Waals surface area contributed by atoms with Crippen molar-refractivity contribution in [2.75, 3.05) is 19.6 Å². The summed E-state index contributed by atoms with van der Waals surface area (Å²) in [5, 5.41) is 50.3. The lowest BCUT2D eigenvalue weighted by atomic mass is 10.1. The van der Waals surface area contributed by atoms with Crippen molar-refractivity contribution in [2.24, 2.45) is 5.92 Å². The van der Waals surface area contributed by atoms with Gasteiger partial charge in [-0.3, -0.25) is 54.8 Å². The molecule has 0 aliphatic rings. The molecule has 0 spiro atoms. The van der Waals surface area contributed by atoms with E-state index in [9.17, 15) is 54.8 Å². The second-order valence-corrected chi connectivity index (χ2v) is 11.7. The molecule has 0 aromatic heterocycles. The topological polar surface area (TPSA) is 260 Å². The molecule has 0 aliphatic carbocycles. The minimum atomic E-state index is -0.768. The predicted molar refractivity (Wildman–Crippen MR) is 197 cm³/mol. The van der Waals surface area contributed by atoms with Gasteiger partial charge in [0.2, 0.25) is 0 Å². The second kappa shape index (κ2) is 24.0. The molecule has 1 atom stereocenters. The Balaban J connectivity index is 0.000000398. The Morgan fingerprint density at radius 1 is 0.528 bits per heavy atom. The molecular weight excluding hydrogens is 694 g/mol. The van der Waals surface area contributed by atoms with Crippen molar-refractivity contribution in [3.63, 3.8) is 0 Å². The van der Waals surface area contributed by atoms with Gasteiger partial charge in [0.15, 0.2) is 0 Å². The van der Waals surface area contributed by atoms with Crippen LogP contribution >= 0.6 is 0 Å². The highest BCUT2D eigenvalue weighted by atomic mass is 16.6. The number of hydrogen-bond donors (Lipinski definition) is 3. The zero-order valence-electron chi connectivity index (χ0n) is 30.1. The van der Waals surface area contributed by atoms with Crippen molar-refractivity contribution in [1.82, 2.24) is 16.0 Å². The Morgan fingerprint density at radius 3 is 1.28 bits per heavy atom. The Bertz CT molecular complexity index is 1670. The van der Waals surface area contributed by atoms with Crippen molar-refractivity contribution in [3.8, 4) is 0 Å². The lowest BCUT2D eigenvalue weighted by Crippen LogP contribution is -2.27. The highest BCUT2D eigenvalue weighted by Gasteiger charge is 2.19. The number of rotatable bonds is 17. The summed E-state index contributed by atoms with van der Waals surface area (Å²) < 4.78 is 0. The van der Waals surface area contributed by atoms with Crippen molar-refractivity contribution in [3.05, 3.63) is 124 Å². The fraction of sp³-hybridized carbons (Fsp3) is 0.400. The van der Waals surface area contributed by atoms with Gasteiger partial charge in [-0.1, -0.05) is 53.4 Å². The van der Waals surface area contributed by atoms with E-state index in [1.165, 1.54) is 48.5 Å². The quantitative estimate of drug-likeness (QED) is 0.0727. The summed E-state index contributed by atoms with van der Waals surface area (Å²) in [6.45, 7) is 9.84. The summed E-state index contributed by atoms with van der Waals surface area (Å²) in [5.41, 5.74) is -0.163. The summed E-state index contributed by atoms with van der Waals surface area (Å²) in [7, 11) is 0. The SMILES string of the molecule is CCC(C)CNC(=O)c1ccc([N+](=O)[O-])cc1.CCCCCNC(=O)c1ccc([N+](=O)[O-])cc1.CCCCNC(=O)c1cc([N+](=O)[O-])cc([N+](=O)[O-])c1. The summed E-state index contributed by atoms with van der Waals surface area (Å²) in [5.74, 6) is -0.506. The van der Waals surface area contributed by atoms with Crippen molar-refractivity contribution >= 4 is 40.5 Å². The molecular formula is C35H45N7O11. The van der Waals surface area contributed by atoms with E-state index in [1.807, 2.05) is 6.92 Å². The number of unbranched alkanes of at least 4 members (excludes halogenated alkanes) is 3. The van der Waals surface area contributed by atoms with Crippen LogP contribution in [0.25, 0.3) is 0 Å². The fourth-order valence-corrected chi connectivity index (χ4v) is 4.08. The molecule has 0 bridgehead atoms. The fourth-order valence-electron chi connectivity index (χ4n) is 4.08. The molecule has 3 aromatic rings. The second-order valence-electron chi connectivity index (χ2n) is 11.7. The van der Waals surface area contributed by atoms with Crippen LogP contribution < -0.4 is 16.0 Å². The summed E-state index contributed by atoms with van der Waals surface area (Å²) in [6, 6.07) is 14.1. The summed E-state index contributed by atoms with van der Waals surface area (Å²) in [6.07, 6.45) is 5.79. The number of hydrogen-bond acceptors (Lipinski definition) is 11. The molecule has 1 unspecified atom stereocenters. The van der Waals surface area contributed by atoms with Crippen LogP contribution in [0.5, 0.6) is 0 Å². The van der Waals surface area contributed by atoms with Crippen molar-refractivity contribution in [2.45, 2.75) is 66.2 Å². The number of nitro groups is 4. The van der Waals surface area contributed by atoms with Crippen LogP contribution in [0.1, 0.15) is 97.3 Å². The molecule has 0 fully saturated rings. The van der Waals surface area contributed by atoms with Crippen LogP contribution in [-0.2, 0) is 0 Å². The molecule has 53 heavy (non-hydrogen) atoms. The first kappa shape index (κ1) is 44.7. The van der Waals surface area contributed by atoms with Crippen LogP contribution in [0, 0.1) is 46.4 Å². The van der Waals surface area contributed by atoms with Gasteiger partial charge in [0.05, 0.1) is 31.3 Å². The van der Waals surface area contributed by atoms with Gasteiger partial charge in [-0.2, -0.15) is 0 Å². The molecule has 3 amide bonds. The van der Waals surface area contributed by atoms with Gasteiger partial charge in [-0.25, -0.2) is 0 Å². The van der Waals surface area contributed by atoms with Gasteiger partial charge in [-0.15, -0.1) is 0 Å². The number of non-ortho nitro benzene ring substituents is 4. The molecule has 3 N–H and O–H groups in total. The average Bonchev–Trinajstić information content (AvgIpc) is 3.15. The monoisotopic (exact) mass is 739 g/mol. The predicted octanol–water partition coefficient (Wildman–Crippen LogP) is 6.92. The molecule has 0 aliphatic heterocycles. The van der Waals surface area contributed by atoms with Crippen molar-refractivity contribution in [1.29, 1.82) is 0 Å². The molecule has 18 heteroatoms. The van der Waals surface area contributed by atoms with Gasteiger partial charge in [-0.05, 0) is 43.0 Å². The minimum absolute atomic E-state index is 0.00691. The highest BCUT2D eigenvalue weighted by molar-refractivity contribution is 5.96. The first-order valence-electron chi connectivity index (χ1n) is 16.9. The third kappa shape index (κ3) is 17.0. The molecule has 0 heterocycles. The van der Waals surface area contributed by atoms with E-state index >= 15 is 0 Å². The van der Waals surface area contributed by atoms with E-state index in [4.69, 9.17) is 0 Å². The first-order chi connectivity index (χ1) is 25.1. The highest BCUT2D eigenvalue weighted by Crippen LogP contribution is 2.22. The van der Waals surface area contributed by atoms with Gasteiger partial charge in [0.1, 0.15) is 0 Å². The molecule has 0 radical (unpaired) electrons. The third-order valence-corrected chi connectivity index (χ3v) is 7.46. The van der Waals surface area contributed by atoms with E-state index in [-0.39, 0.29) is 28.8 Å². The van der Waals surface area contributed by atoms with E-state index in [0.717, 1.165) is 56.7 Å². The molecule has 3 rings (SSSR count). The van der Waals surface area contributed by atoms with Crippen LogP contribution in [0.4, 0.5) is 22.7 Å². The number of nitrogens with one attached hydrogen (secondary N) is 3. The zero-order valence-corrected chi connectivity index (χ0v) is 30.1. The number of nitrogens with zero attached hydrogens (tertiary/aromatic N) is 4. The Labute approximate surface area is 306 Å². The van der Waals surface area contributed by atoms with E-state index in [2.05, 4.69) is 36.7 Å². The normalized spacial score (nSPS) is 10.6. The van der Waals surface area contributed by atoms with Gasteiger partial charge in [0, 0.05) is 67.2 Å². The molecule has 3 aromatic carbocycles. The molecule has 0 saturated carbocycles. The van der Waals surface area contributed by atoms with E-state index in [1.54, 1.807) is 0 Å². The first-order valence-corrected chi connectivity index (χ1v) is 16.9. The maximum atomic E-state index is 11.7.